The maximum atomic E-state index is 5.61. The van der Waals surface area contributed by atoms with Crippen molar-refractivity contribution in [1.29, 1.82) is 0 Å². The lowest BCUT2D eigenvalue weighted by atomic mass is 10.1. The third-order valence-corrected chi connectivity index (χ3v) is 3.20. The summed E-state index contributed by atoms with van der Waals surface area (Å²) in [4.78, 5) is 9.37. The van der Waals surface area contributed by atoms with Crippen LogP contribution in [-0.4, -0.2) is 16.6 Å². The van der Waals surface area contributed by atoms with Gasteiger partial charge in [-0.2, -0.15) is 0 Å². The molecule has 3 rings (SSSR count). The molecule has 0 radical (unpaired) electrons. The minimum Gasteiger partial charge on any atom is -0.492 e. The number of hydrogen-bond donors (Lipinski definition) is 0. The zero-order chi connectivity index (χ0) is 13.2. The smallest absolute Gasteiger partial charge is 0.147 e. The fraction of sp³-hybridized carbons (Fsp3) is 0.250. The van der Waals surface area contributed by atoms with Crippen molar-refractivity contribution in [3.05, 3.63) is 42.0 Å². The van der Waals surface area contributed by atoms with Gasteiger partial charge in [0, 0.05) is 0 Å². The molecule has 1 aromatic heterocycles. The fourth-order valence-corrected chi connectivity index (χ4v) is 2.21. The van der Waals surface area contributed by atoms with Gasteiger partial charge >= 0.3 is 0 Å². The summed E-state index contributed by atoms with van der Waals surface area (Å²) in [5.74, 6) is 0.800. The summed E-state index contributed by atoms with van der Waals surface area (Å²) in [5.41, 5.74) is 4.85. The molecule has 0 unspecified atom stereocenters. The van der Waals surface area contributed by atoms with E-state index in [-0.39, 0.29) is 0 Å². The third kappa shape index (κ3) is 2.12. The second-order valence-corrected chi connectivity index (χ2v) is 4.46. The van der Waals surface area contributed by atoms with Gasteiger partial charge in [-0.05, 0) is 43.2 Å². The molecule has 0 aliphatic carbocycles. The summed E-state index contributed by atoms with van der Waals surface area (Å²) in [6.45, 7) is 4.75. The van der Waals surface area contributed by atoms with E-state index in [2.05, 4.69) is 29.0 Å². The van der Waals surface area contributed by atoms with Gasteiger partial charge in [0.05, 0.1) is 23.2 Å². The highest BCUT2D eigenvalue weighted by molar-refractivity contribution is 5.89. The van der Waals surface area contributed by atoms with Gasteiger partial charge in [0.25, 0.3) is 0 Å². The lowest BCUT2D eigenvalue weighted by Crippen LogP contribution is -1.95. The molecular weight excluding hydrogens is 236 g/mol. The maximum Gasteiger partial charge on any atom is 0.147 e. The lowest BCUT2D eigenvalue weighted by molar-refractivity contribution is 0.343. The number of para-hydroxylation sites is 1. The Morgan fingerprint density at radius 3 is 2.63 bits per heavy atom. The van der Waals surface area contributed by atoms with Gasteiger partial charge in [0.15, 0.2) is 0 Å². The molecule has 0 aliphatic heterocycles. The van der Waals surface area contributed by atoms with Gasteiger partial charge in [0.2, 0.25) is 0 Å². The van der Waals surface area contributed by atoms with Crippen molar-refractivity contribution < 1.29 is 4.74 Å². The molecular formula is C16H16N2O. The number of hydrogen-bond acceptors (Lipinski definition) is 3. The molecule has 0 N–H and O–H groups in total. The third-order valence-electron chi connectivity index (χ3n) is 3.20. The Labute approximate surface area is 112 Å². The second kappa shape index (κ2) is 4.84. The Morgan fingerprint density at radius 1 is 0.947 bits per heavy atom. The predicted molar refractivity (Wildman–Crippen MR) is 77.6 cm³/mol. The zero-order valence-corrected chi connectivity index (χ0v) is 11.2. The molecule has 96 valence electrons. The maximum absolute atomic E-state index is 5.61. The molecule has 0 saturated carbocycles. The Hall–Kier alpha value is -2.16. The van der Waals surface area contributed by atoms with Gasteiger partial charge in [-0.1, -0.05) is 19.1 Å². The number of aryl methyl sites for hydroxylation is 1. The molecule has 0 aliphatic rings. The van der Waals surface area contributed by atoms with Crippen molar-refractivity contribution in [1.82, 2.24) is 9.97 Å². The number of fused-ring (bicyclic) bond motifs is 2. The summed E-state index contributed by atoms with van der Waals surface area (Å²) in [6.07, 6.45) is 1.01. The van der Waals surface area contributed by atoms with E-state index in [1.807, 2.05) is 31.2 Å². The van der Waals surface area contributed by atoms with Crippen LogP contribution in [0.5, 0.6) is 5.75 Å². The van der Waals surface area contributed by atoms with Gasteiger partial charge in [-0.25, -0.2) is 9.97 Å². The van der Waals surface area contributed by atoms with Crippen LogP contribution in [0, 0.1) is 0 Å². The highest BCUT2D eigenvalue weighted by Crippen LogP contribution is 2.25. The fourth-order valence-electron chi connectivity index (χ4n) is 2.21. The Balaban J connectivity index is 2.28. The molecule has 0 spiro atoms. The van der Waals surface area contributed by atoms with E-state index in [4.69, 9.17) is 4.74 Å². The van der Waals surface area contributed by atoms with Gasteiger partial charge in [-0.3, -0.25) is 0 Å². The molecule has 0 fully saturated rings. The Kier molecular flexibility index (Phi) is 3.03. The average Bonchev–Trinajstić information content (AvgIpc) is 2.45. The molecule has 2 aromatic carbocycles. The van der Waals surface area contributed by atoms with Crippen LogP contribution in [0.25, 0.3) is 22.1 Å². The monoisotopic (exact) mass is 252 g/mol. The first-order valence-corrected chi connectivity index (χ1v) is 6.64. The van der Waals surface area contributed by atoms with E-state index in [1.165, 1.54) is 5.56 Å². The number of rotatable bonds is 3. The topological polar surface area (TPSA) is 35.0 Å². The van der Waals surface area contributed by atoms with Crippen molar-refractivity contribution in [2.75, 3.05) is 6.61 Å². The SMILES string of the molecule is CCOc1cccc2nc3cc(CC)ccc3nc12. The second-order valence-electron chi connectivity index (χ2n) is 4.46. The van der Waals surface area contributed by atoms with E-state index in [1.54, 1.807) is 0 Å². The van der Waals surface area contributed by atoms with Crippen LogP contribution in [0.1, 0.15) is 19.4 Å². The number of benzene rings is 2. The lowest BCUT2D eigenvalue weighted by Gasteiger charge is -2.07. The van der Waals surface area contributed by atoms with Crippen molar-refractivity contribution in [2.24, 2.45) is 0 Å². The van der Waals surface area contributed by atoms with E-state index >= 15 is 0 Å². The molecule has 0 bridgehead atoms. The molecule has 0 amide bonds. The minimum absolute atomic E-state index is 0.633. The molecule has 0 atom stereocenters. The van der Waals surface area contributed by atoms with E-state index in [0.29, 0.717) is 6.61 Å². The summed E-state index contributed by atoms with van der Waals surface area (Å²) in [7, 11) is 0. The molecule has 3 nitrogen and oxygen atoms in total. The van der Waals surface area contributed by atoms with Crippen LogP contribution in [0.15, 0.2) is 36.4 Å². The normalized spacial score (nSPS) is 11.1. The first-order chi connectivity index (χ1) is 9.31. The standard InChI is InChI=1S/C16H16N2O/c1-3-11-8-9-12-14(10-11)17-13-6-5-7-15(19-4-2)16(13)18-12/h5-10H,3-4H2,1-2H3. The van der Waals surface area contributed by atoms with Gasteiger partial charge in [0.1, 0.15) is 11.3 Å². The molecule has 0 saturated heterocycles. The van der Waals surface area contributed by atoms with E-state index in [9.17, 15) is 0 Å². The van der Waals surface area contributed by atoms with Gasteiger partial charge < -0.3 is 4.74 Å². The molecule has 19 heavy (non-hydrogen) atoms. The summed E-state index contributed by atoms with van der Waals surface area (Å²) in [5, 5.41) is 0. The summed E-state index contributed by atoms with van der Waals surface area (Å²) in [6, 6.07) is 12.1. The van der Waals surface area contributed by atoms with Crippen molar-refractivity contribution in [3.63, 3.8) is 0 Å². The van der Waals surface area contributed by atoms with Crippen molar-refractivity contribution in [3.8, 4) is 5.75 Å². The molecule has 3 aromatic rings. The highest BCUT2D eigenvalue weighted by atomic mass is 16.5. The summed E-state index contributed by atoms with van der Waals surface area (Å²) >= 11 is 0. The Bertz CT molecular complexity index is 737. The van der Waals surface area contributed by atoms with Crippen LogP contribution in [0.2, 0.25) is 0 Å². The van der Waals surface area contributed by atoms with Crippen LogP contribution < -0.4 is 4.74 Å². The van der Waals surface area contributed by atoms with Crippen molar-refractivity contribution in [2.45, 2.75) is 20.3 Å². The van der Waals surface area contributed by atoms with Crippen LogP contribution >= 0.6 is 0 Å². The largest absolute Gasteiger partial charge is 0.492 e. The predicted octanol–water partition coefficient (Wildman–Crippen LogP) is 3.74. The first kappa shape index (κ1) is 11.9. The van der Waals surface area contributed by atoms with Crippen LogP contribution in [0.4, 0.5) is 0 Å². The van der Waals surface area contributed by atoms with E-state index in [0.717, 1.165) is 34.2 Å². The highest BCUT2D eigenvalue weighted by Gasteiger charge is 2.07. The zero-order valence-electron chi connectivity index (χ0n) is 11.2. The quantitative estimate of drug-likeness (QED) is 0.666. The average molecular weight is 252 g/mol. The molecule has 3 heteroatoms. The van der Waals surface area contributed by atoms with Gasteiger partial charge in [-0.15, -0.1) is 0 Å². The van der Waals surface area contributed by atoms with E-state index < -0.39 is 0 Å². The van der Waals surface area contributed by atoms with Crippen LogP contribution in [-0.2, 0) is 6.42 Å². The number of aromatic nitrogens is 2. The number of ether oxygens (including phenoxy) is 1. The van der Waals surface area contributed by atoms with Crippen molar-refractivity contribution >= 4 is 22.1 Å². The minimum atomic E-state index is 0.633. The summed E-state index contributed by atoms with van der Waals surface area (Å²) < 4.78 is 5.61. The first-order valence-electron chi connectivity index (χ1n) is 6.64. The molecule has 1 heterocycles. The Morgan fingerprint density at radius 2 is 1.84 bits per heavy atom. The van der Waals surface area contributed by atoms with Crippen LogP contribution in [0.3, 0.4) is 0 Å². The number of nitrogens with zero attached hydrogens (tertiary/aromatic N) is 2.